The Bertz CT molecular complexity index is 112. The van der Waals surface area contributed by atoms with Gasteiger partial charge in [0.1, 0.15) is 0 Å². The molecule has 2 heteroatoms. The maximum absolute atomic E-state index is 9.88. The van der Waals surface area contributed by atoms with Gasteiger partial charge in [0.2, 0.25) is 0 Å². The number of nitrogens with two attached hydrogens (primary N) is 1. The average molecular weight is 143 g/mol. The zero-order valence-corrected chi connectivity index (χ0v) is 6.64. The third-order valence-corrected chi connectivity index (χ3v) is 2.53. The molecule has 0 bridgehead atoms. The molecule has 0 spiro atoms. The molecule has 1 saturated carbocycles. The van der Waals surface area contributed by atoms with Crippen LogP contribution in [0.5, 0.6) is 0 Å². The van der Waals surface area contributed by atoms with Crippen LogP contribution in [0.2, 0.25) is 0 Å². The summed E-state index contributed by atoms with van der Waals surface area (Å²) in [6.45, 7) is 2.65. The fraction of sp³-hybridized carbons (Fsp3) is 1.00. The maximum atomic E-state index is 9.88. The lowest BCUT2D eigenvalue weighted by molar-refractivity contribution is 0.00760. The van der Waals surface area contributed by atoms with Gasteiger partial charge in [0.05, 0.1) is 5.60 Å². The van der Waals surface area contributed by atoms with Crippen LogP contribution in [0.15, 0.2) is 0 Å². The minimum atomic E-state index is -0.422. The van der Waals surface area contributed by atoms with Crippen LogP contribution in [0.4, 0.5) is 0 Å². The van der Waals surface area contributed by atoms with Crippen LogP contribution < -0.4 is 5.73 Å². The predicted molar refractivity (Wildman–Crippen MR) is 41.6 cm³/mol. The van der Waals surface area contributed by atoms with Crippen LogP contribution in [0.25, 0.3) is 0 Å². The monoisotopic (exact) mass is 143 g/mol. The third kappa shape index (κ3) is 1.50. The van der Waals surface area contributed by atoms with Gasteiger partial charge in [-0.15, -0.1) is 0 Å². The summed E-state index contributed by atoms with van der Waals surface area (Å²) in [4.78, 5) is 0. The molecule has 2 nitrogen and oxygen atoms in total. The smallest absolute Gasteiger partial charge is 0.0685 e. The Kier molecular flexibility index (Phi) is 2.32. The average Bonchev–Trinajstić information content (AvgIpc) is 2.69. The van der Waals surface area contributed by atoms with Gasteiger partial charge in [0.25, 0.3) is 0 Å². The molecule has 0 heterocycles. The summed E-state index contributed by atoms with van der Waals surface area (Å²) in [7, 11) is 0. The summed E-state index contributed by atoms with van der Waals surface area (Å²) in [6.07, 6.45) is 4.03. The Balaban J connectivity index is 2.39. The fourth-order valence-electron chi connectivity index (χ4n) is 1.54. The molecular weight excluding hydrogens is 126 g/mol. The lowest BCUT2D eigenvalue weighted by Crippen LogP contribution is -2.33. The van der Waals surface area contributed by atoms with Crippen molar-refractivity contribution in [2.24, 2.45) is 11.7 Å². The molecule has 0 aromatic carbocycles. The molecule has 1 fully saturated rings. The van der Waals surface area contributed by atoms with E-state index < -0.39 is 5.60 Å². The van der Waals surface area contributed by atoms with Gasteiger partial charge in [-0.2, -0.15) is 0 Å². The topological polar surface area (TPSA) is 46.2 Å². The van der Waals surface area contributed by atoms with Crippen molar-refractivity contribution in [1.82, 2.24) is 0 Å². The van der Waals surface area contributed by atoms with E-state index in [2.05, 4.69) is 0 Å². The molecule has 0 aromatic heterocycles. The molecular formula is C8H17NO. The lowest BCUT2D eigenvalue weighted by atomic mass is 9.91. The Hall–Kier alpha value is -0.0800. The Morgan fingerprint density at radius 3 is 2.50 bits per heavy atom. The fourth-order valence-corrected chi connectivity index (χ4v) is 1.54. The molecule has 0 amide bonds. The second kappa shape index (κ2) is 2.89. The van der Waals surface area contributed by atoms with E-state index in [9.17, 15) is 5.11 Å². The largest absolute Gasteiger partial charge is 0.390 e. The molecule has 0 saturated heterocycles. The van der Waals surface area contributed by atoms with E-state index in [1.54, 1.807) is 0 Å². The first-order valence-electron chi connectivity index (χ1n) is 4.15. The molecule has 0 radical (unpaired) electrons. The van der Waals surface area contributed by atoms with Crippen LogP contribution in [0.3, 0.4) is 0 Å². The van der Waals surface area contributed by atoms with Gasteiger partial charge < -0.3 is 10.8 Å². The lowest BCUT2D eigenvalue weighted by Gasteiger charge is -2.25. The van der Waals surface area contributed by atoms with E-state index in [0.29, 0.717) is 12.5 Å². The van der Waals surface area contributed by atoms with Gasteiger partial charge in [-0.05, 0) is 38.1 Å². The van der Waals surface area contributed by atoms with Crippen LogP contribution in [0.1, 0.15) is 32.6 Å². The van der Waals surface area contributed by atoms with E-state index in [1.807, 2.05) is 6.92 Å². The van der Waals surface area contributed by atoms with E-state index in [-0.39, 0.29) is 0 Å². The molecule has 1 rings (SSSR count). The van der Waals surface area contributed by atoms with Crippen molar-refractivity contribution in [3.8, 4) is 0 Å². The van der Waals surface area contributed by atoms with E-state index in [1.165, 1.54) is 12.8 Å². The van der Waals surface area contributed by atoms with Crippen molar-refractivity contribution in [3.05, 3.63) is 0 Å². The van der Waals surface area contributed by atoms with Gasteiger partial charge >= 0.3 is 0 Å². The molecule has 1 unspecified atom stereocenters. The zero-order valence-electron chi connectivity index (χ0n) is 6.64. The van der Waals surface area contributed by atoms with Crippen LogP contribution in [0, 0.1) is 5.92 Å². The summed E-state index contributed by atoms with van der Waals surface area (Å²) in [5.41, 5.74) is 4.97. The second-order valence-corrected chi connectivity index (χ2v) is 3.27. The van der Waals surface area contributed by atoms with E-state index >= 15 is 0 Å². The highest BCUT2D eigenvalue weighted by Gasteiger charge is 2.41. The summed E-state index contributed by atoms with van der Waals surface area (Å²) in [5, 5.41) is 9.88. The van der Waals surface area contributed by atoms with Crippen molar-refractivity contribution in [2.45, 2.75) is 38.2 Å². The van der Waals surface area contributed by atoms with Gasteiger partial charge in [-0.3, -0.25) is 0 Å². The number of rotatable bonds is 4. The first-order valence-corrected chi connectivity index (χ1v) is 4.15. The first-order chi connectivity index (χ1) is 4.73. The minimum Gasteiger partial charge on any atom is -0.390 e. The minimum absolute atomic E-state index is 0.422. The Labute approximate surface area is 62.4 Å². The van der Waals surface area contributed by atoms with E-state index in [4.69, 9.17) is 5.73 Å². The molecule has 10 heavy (non-hydrogen) atoms. The summed E-state index contributed by atoms with van der Waals surface area (Å²) in [6, 6.07) is 0. The molecule has 0 aliphatic heterocycles. The molecule has 3 N–H and O–H groups in total. The van der Waals surface area contributed by atoms with E-state index in [0.717, 1.165) is 12.8 Å². The van der Waals surface area contributed by atoms with Crippen LogP contribution in [-0.4, -0.2) is 17.3 Å². The molecule has 0 aromatic rings. The second-order valence-electron chi connectivity index (χ2n) is 3.27. The highest BCUT2D eigenvalue weighted by Crippen LogP contribution is 2.42. The molecule has 1 atom stereocenters. The zero-order chi connectivity index (χ0) is 7.61. The Morgan fingerprint density at radius 1 is 1.60 bits per heavy atom. The molecule has 60 valence electrons. The first kappa shape index (κ1) is 8.02. The SMILES string of the molecule is CCC(O)(CCN)C1CC1. The van der Waals surface area contributed by atoms with Crippen molar-refractivity contribution >= 4 is 0 Å². The quantitative estimate of drug-likeness (QED) is 0.614. The summed E-state index contributed by atoms with van der Waals surface area (Å²) < 4.78 is 0. The maximum Gasteiger partial charge on any atom is 0.0685 e. The number of hydrogen-bond donors (Lipinski definition) is 2. The summed E-state index contributed by atoms with van der Waals surface area (Å²) in [5.74, 6) is 0.557. The number of aliphatic hydroxyl groups is 1. The van der Waals surface area contributed by atoms with Gasteiger partial charge in [0.15, 0.2) is 0 Å². The van der Waals surface area contributed by atoms with Crippen LogP contribution in [-0.2, 0) is 0 Å². The Morgan fingerprint density at radius 2 is 2.20 bits per heavy atom. The summed E-state index contributed by atoms with van der Waals surface area (Å²) >= 11 is 0. The van der Waals surface area contributed by atoms with Gasteiger partial charge in [-0.1, -0.05) is 6.92 Å². The van der Waals surface area contributed by atoms with Crippen molar-refractivity contribution < 1.29 is 5.11 Å². The molecule has 1 aliphatic rings. The van der Waals surface area contributed by atoms with Crippen molar-refractivity contribution in [3.63, 3.8) is 0 Å². The van der Waals surface area contributed by atoms with Gasteiger partial charge in [0, 0.05) is 0 Å². The highest BCUT2D eigenvalue weighted by molar-refractivity contribution is 4.93. The third-order valence-electron chi connectivity index (χ3n) is 2.53. The predicted octanol–water partition coefficient (Wildman–Crippen LogP) is 0.886. The number of hydrogen-bond acceptors (Lipinski definition) is 2. The highest BCUT2D eigenvalue weighted by atomic mass is 16.3. The van der Waals surface area contributed by atoms with Crippen molar-refractivity contribution in [2.75, 3.05) is 6.54 Å². The van der Waals surface area contributed by atoms with Gasteiger partial charge in [-0.25, -0.2) is 0 Å². The van der Waals surface area contributed by atoms with Crippen LogP contribution >= 0.6 is 0 Å². The van der Waals surface area contributed by atoms with Crippen molar-refractivity contribution in [1.29, 1.82) is 0 Å². The standard InChI is InChI=1S/C8H17NO/c1-2-8(10,5-6-9)7-3-4-7/h7,10H,2-6,9H2,1H3. The normalized spacial score (nSPS) is 24.3. The molecule has 1 aliphatic carbocycles.